The molecule has 1 fully saturated rings. The van der Waals surface area contributed by atoms with Gasteiger partial charge in [0.1, 0.15) is 11.5 Å². The van der Waals surface area contributed by atoms with Crippen molar-refractivity contribution in [3.05, 3.63) is 83.9 Å². The lowest BCUT2D eigenvalue weighted by atomic mass is 10.0. The smallest absolute Gasteiger partial charge is 0.265 e. The van der Waals surface area contributed by atoms with E-state index in [0.717, 1.165) is 60.7 Å². The van der Waals surface area contributed by atoms with Crippen LogP contribution in [0.25, 0.3) is 17.2 Å². The highest BCUT2D eigenvalue weighted by atomic mass is 16.5. The zero-order valence-corrected chi connectivity index (χ0v) is 22.2. The predicted molar refractivity (Wildman–Crippen MR) is 151 cm³/mol. The maximum absolute atomic E-state index is 13.1. The molecular formula is C32H36N2O4. The SMILES string of the molecule is CCOc1ccc(-c2ccc3c(c2)C=CCC(C(=O)Nc2ccc(CN(C)C4CCOCC4)cc2)O3)cc1. The molecule has 0 aromatic heterocycles. The van der Waals surface area contributed by atoms with Crippen LogP contribution < -0.4 is 14.8 Å². The van der Waals surface area contributed by atoms with Crippen molar-refractivity contribution in [1.29, 1.82) is 0 Å². The Morgan fingerprint density at radius 2 is 1.74 bits per heavy atom. The summed E-state index contributed by atoms with van der Waals surface area (Å²) in [4.78, 5) is 15.5. The van der Waals surface area contributed by atoms with Crippen LogP contribution in [0.15, 0.2) is 72.8 Å². The second-order valence-corrected chi connectivity index (χ2v) is 9.90. The fourth-order valence-corrected chi connectivity index (χ4v) is 5.02. The minimum atomic E-state index is -0.594. The molecule has 1 atom stereocenters. The van der Waals surface area contributed by atoms with Crippen LogP contribution in [0.2, 0.25) is 0 Å². The third kappa shape index (κ3) is 6.44. The Balaban J connectivity index is 1.19. The zero-order chi connectivity index (χ0) is 26.3. The average Bonchev–Trinajstić information content (AvgIpc) is 3.17. The van der Waals surface area contributed by atoms with Gasteiger partial charge in [0.25, 0.3) is 5.91 Å². The summed E-state index contributed by atoms with van der Waals surface area (Å²) < 4.78 is 17.2. The van der Waals surface area contributed by atoms with Crippen LogP contribution in [0.5, 0.6) is 11.5 Å². The Labute approximate surface area is 225 Å². The number of benzene rings is 3. The van der Waals surface area contributed by atoms with Crippen molar-refractivity contribution < 1.29 is 19.0 Å². The van der Waals surface area contributed by atoms with Gasteiger partial charge >= 0.3 is 0 Å². The second kappa shape index (κ2) is 12.3. The first-order valence-electron chi connectivity index (χ1n) is 13.5. The number of anilines is 1. The van der Waals surface area contributed by atoms with E-state index in [2.05, 4.69) is 47.6 Å². The summed E-state index contributed by atoms with van der Waals surface area (Å²) in [5.41, 5.74) is 5.15. The van der Waals surface area contributed by atoms with Crippen molar-refractivity contribution in [3.8, 4) is 22.6 Å². The summed E-state index contributed by atoms with van der Waals surface area (Å²) in [6, 6.07) is 22.8. The van der Waals surface area contributed by atoms with Crippen LogP contribution in [0, 0.1) is 0 Å². The van der Waals surface area contributed by atoms with Crippen LogP contribution in [0.3, 0.4) is 0 Å². The number of ether oxygens (including phenoxy) is 3. The number of amides is 1. The molecule has 3 aromatic rings. The first kappa shape index (κ1) is 26.0. The molecule has 38 heavy (non-hydrogen) atoms. The van der Waals surface area contributed by atoms with Gasteiger partial charge in [0.05, 0.1) is 6.61 Å². The molecule has 1 saturated heterocycles. The van der Waals surface area contributed by atoms with Gasteiger partial charge in [-0.05, 0) is 79.9 Å². The molecule has 6 nitrogen and oxygen atoms in total. The highest BCUT2D eigenvalue weighted by Crippen LogP contribution is 2.32. The first-order chi connectivity index (χ1) is 18.6. The van der Waals surface area contributed by atoms with E-state index in [1.165, 1.54) is 5.56 Å². The van der Waals surface area contributed by atoms with Crippen molar-refractivity contribution in [1.82, 2.24) is 4.90 Å². The van der Waals surface area contributed by atoms with Crippen LogP contribution >= 0.6 is 0 Å². The van der Waals surface area contributed by atoms with Gasteiger partial charge < -0.3 is 19.5 Å². The standard InChI is InChI=1S/C32H36N2O4/c1-3-37-29-14-9-24(10-15-29)25-11-16-30-26(21-25)5-4-6-31(38-30)32(35)33-27-12-7-23(8-13-27)22-34(2)28-17-19-36-20-18-28/h4-5,7-16,21,28,31H,3,6,17-20,22H2,1-2H3,(H,33,35). The molecule has 1 amide bonds. The average molecular weight is 513 g/mol. The van der Waals surface area contributed by atoms with E-state index < -0.39 is 6.10 Å². The highest BCUT2D eigenvalue weighted by Gasteiger charge is 2.23. The molecule has 2 aliphatic heterocycles. The van der Waals surface area contributed by atoms with E-state index in [1.807, 2.05) is 55.5 Å². The van der Waals surface area contributed by atoms with Crippen molar-refractivity contribution in [3.63, 3.8) is 0 Å². The van der Waals surface area contributed by atoms with Crippen LogP contribution in [0.4, 0.5) is 5.69 Å². The molecular weight excluding hydrogens is 476 g/mol. The summed E-state index contributed by atoms with van der Waals surface area (Å²) in [6.07, 6.45) is 6.10. The molecule has 0 spiro atoms. The van der Waals surface area contributed by atoms with E-state index in [-0.39, 0.29) is 5.91 Å². The largest absolute Gasteiger partial charge is 0.494 e. The van der Waals surface area contributed by atoms with E-state index in [1.54, 1.807) is 0 Å². The number of rotatable bonds is 8. The lowest BCUT2D eigenvalue weighted by molar-refractivity contribution is -0.122. The van der Waals surface area contributed by atoms with Gasteiger partial charge in [-0.1, -0.05) is 42.5 Å². The summed E-state index contributed by atoms with van der Waals surface area (Å²) in [5.74, 6) is 1.42. The first-order valence-corrected chi connectivity index (χ1v) is 13.5. The topological polar surface area (TPSA) is 60.0 Å². The van der Waals surface area contributed by atoms with E-state index >= 15 is 0 Å². The number of hydrogen-bond donors (Lipinski definition) is 1. The molecule has 6 heteroatoms. The predicted octanol–water partition coefficient (Wildman–Crippen LogP) is 6.17. The Bertz CT molecular complexity index is 1250. The number of hydrogen-bond acceptors (Lipinski definition) is 5. The Morgan fingerprint density at radius 3 is 2.47 bits per heavy atom. The monoisotopic (exact) mass is 512 g/mol. The fraction of sp³-hybridized carbons (Fsp3) is 0.344. The minimum absolute atomic E-state index is 0.148. The molecule has 0 radical (unpaired) electrons. The second-order valence-electron chi connectivity index (χ2n) is 9.90. The molecule has 0 bridgehead atoms. The molecule has 3 aromatic carbocycles. The third-order valence-corrected chi connectivity index (χ3v) is 7.19. The van der Waals surface area contributed by atoms with Crippen LogP contribution in [0.1, 0.15) is 37.3 Å². The van der Waals surface area contributed by atoms with Crippen molar-refractivity contribution in [2.45, 2.75) is 44.9 Å². The van der Waals surface area contributed by atoms with Gasteiger partial charge in [-0.2, -0.15) is 0 Å². The molecule has 0 aliphatic carbocycles. The summed E-state index contributed by atoms with van der Waals surface area (Å²) in [7, 11) is 2.17. The van der Waals surface area contributed by atoms with Crippen molar-refractivity contribution in [2.24, 2.45) is 0 Å². The molecule has 2 aliphatic rings. The summed E-state index contributed by atoms with van der Waals surface area (Å²) in [6.45, 7) is 5.18. The Hall–Kier alpha value is -3.61. The Kier molecular flexibility index (Phi) is 8.41. The third-order valence-electron chi connectivity index (χ3n) is 7.19. The van der Waals surface area contributed by atoms with Crippen molar-refractivity contribution >= 4 is 17.7 Å². The summed E-state index contributed by atoms with van der Waals surface area (Å²) in [5, 5.41) is 3.03. The Morgan fingerprint density at radius 1 is 1.00 bits per heavy atom. The summed E-state index contributed by atoms with van der Waals surface area (Å²) >= 11 is 0. The molecule has 1 N–H and O–H groups in total. The van der Waals surface area contributed by atoms with Crippen LogP contribution in [-0.2, 0) is 16.1 Å². The van der Waals surface area contributed by atoms with Gasteiger partial charge in [0, 0.05) is 43.5 Å². The fourth-order valence-electron chi connectivity index (χ4n) is 5.02. The number of fused-ring (bicyclic) bond motifs is 1. The zero-order valence-electron chi connectivity index (χ0n) is 22.2. The molecule has 2 heterocycles. The molecule has 1 unspecified atom stereocenters. The normalized spacial score (nSPS) is 17.4. The number of carbonyl (C=O) groups excluding carboxylic acids is 1. The highest BCUT2D eigenvalue weighted by molar-refractivity contribution is 5.94. The van der Waals surface area contributed by atoms with Gasteiger partial charge in [0.2, 0.25) is 0 Å². The van der Waals surface area contributed by atoms with Gasteiger partial charge in [-0.3, -0.25) is 9.69 Å². The molecule has 0 saturated carbocycles. The maximum Gasteiger partial charge on any atom is 0.265 e. The maximum atomic E-state index is 13.1. The van der Waals surface area contributed by atoms with Gasteiger partial charge in [-0.15, -0.1) is 0 Å². The molecule has 5 rings (SSSR count). The van der Waals surface area contributed by atoms with E-state index in [0.29, 0.717) is 24.8 Å². The van der Waals surface area contributed by atoms with E-state index in [9.17, 15) is 4.79 Å². The quantitative estimate of drug-likeness (QED) is 0.391. The lowest BCUT2D eigenvalue weighted by Gasteiger charge is -2.31. The van der Waals surface area contributed by atoms with Crippen LogP contribution in [-0.4, -0.2) is 49.8 Å². The number of nitrogens with zero attached hydrogens (tertiary/aromatic N) is 1. The van der Waals surface area contributed by atoms with Gasteiger partial charge in [-0.25, -0.2) is 0 Å². The van der Waals surface area contributed by atoms with E-state index in [4.69, 9.17) is 14.2 Å². The van der Waals surface area contributed by atoms with Gasteiger partial charge in [0.15, 0.2) is 6.10 Å². The number of carbonyl (C=O) groups is 1. The molecule has 198 valence electrons. The van der Waals surface area contributed by atoms with Crippen molar-refractivity contribution in [2.75, 3.05) is 32.2 Å². The lowest BCUT2D eigenvalue weighted by Crippen LogP contribution is -2.36. The minimum Gasteiger partial charge on any atom is -0.494 e. The number of nitrogens with one attached hydrogen (secondary N) is 1.